The number of thioether (sulfide) groups is 1. The van der Waals surface area contributed by atoms with Crippen molar-refractivity contribution in [1.29, 1.82) is 0 Å². The summed E-state index contributed by atoms with van der Waals surface area (Å²) in [6.45, 7) is 0.573. The van der Waals surface area contributed by atoms with Crippen LogP contribution in [-0.4, -0.2) is 35.7 Å². The van der Waals surface area contributed by atoms with Gasteiger partial charge in [-0.3, -0.25) is 4.79 Å². The van der Waals surface area contributed by atoms with Crippen molar-refractivity contribution in [1.82, 2.24) is 9.97 Å². The van der Waals surface area contributed by atoms with Gasteiger partial charge in [0.1, 0.15) is 6.29 Å². The third-order valence-corrected chi connectivity index (χ3v) is 4.44. The Labute approximate surface area is 144 Å². The summed E-state index contributed by atoms with van der Waals surface area (Å²) in [5, 5.41) is 0.920. The highest BCUT2D eigenvalue weighted by Crippen LogP contribution is 2.28. The quantitative estimate of drug-likeness (QED) is 0.381. The number of nitrogens with zero attached hydrogens (tertiary/aromatic N) is 1. The van der Waals surface area contributed by atoms with Crippen LogP contribution in [0.3, 0.4) is 0 Å². The van der Waals surface area contributed by atoms with Crippen molar-refractivity contribution in [2.24, 2.45) is 0 Å². The van der Waals surface area contributed by atoms with Crippen LogP contribution in [0, 0.1) is 0 Å². The predicted octanol–water partition coefficient (Wildman–Crippen LogP) is 3.95. The molecule has 24 heavy (non-hydrogen) atoms. The molecule has 5 nitrogen and oxygen atoms in total. The van der Waals surface area contributed by atoms with Crippen LogP contribution in [0.2, 0.25) is 0 Å². The first-order valence-corrected chi connectivity index (χ1v) is 8.62. The Hall–Kier alpha value is -2.47. The fourth-order valence-electron chi connectivity index (χ4n) is 2.28. The van der Waals surface area contributed by atoms with E-state index in [4.69, 9.17) is 9.47 Å². The lowest BCUT2D eigenvalue weighted by Gasteiger charge is -2.10. The Kier molecular flexibility index (Phi) is 5.38. The number of H-pyrrole nitrogens is 1. The number of aromatic nitrogens is 2. The number of carbonyl (C=O) groups is 1. The third kappa shape index (κ3) is 3.89. The summed E-state index contributed by atoms with van der Waals surface area (Å²) in [6, 6.07) is 13.1. The van der Waals surface area contributed by atoms with Gasteiger partial charge in [0.15, 0.2) is 16.7 Å². The first kappa shape index (κ1) is 16.4. The Bertz CT molecular complexity index is 799. The number of ether oxygens (including phenoxy) is 2. The van der Waals surface area contributed by atoms with Crippen LogP contribution < -0.4 is 9.47 Å². The van der Waals surface area contributed by atoms with Crippen molar-refractivity contribution >= 4 is 29.1 Å². The lowest BCUT2D eigenvalue weighted by Crippen LogP contribution is -2.01. The van der Waals surface area contributed by atoms with Crippen molar-refractivity contribution in [2.45, 2.75) is 11.6 Å². The predicted molar refractivity (Wildman–Crippen MR) is 95.3 cm³/mol. The van der Waals surface area contributed by atoms with Crippen LogP contribution >= 0.6 is 11.8 Å². The van der Waals surface area contributed by atoms with E-state index in [0.717, 1.165) is 34.6 Å². The Balaban J connectivity index is 1.48. The number of benzene rings is 2. The lowest BCUT2D eigenvalue weighted by molar-refractivity contribution is 0.112. The number of para-hydroxylation sites is 2. The van der Waals surface area contributed by atoms with Gasteiger partial charge in [-0.1, -0.05) is 23.9 Å². The molecule has 0 radical (unpaired) electrons. The van der Waals surface area contributed by atoms with Gasteiger partial charge in [0.2, 0.25) is 0 Å². The van der Waals surface area contributed by atoms with Gasteiger partial charge in [-0.25, -0.2) is 4.98 Å². The zero-order valence-electron chi connectivity index (χ0n) is 13.3. The topological polar surface area (TPSA) is 64.2 Å². The average Bonchev–Trinajstić information content (AvgIpc) is 3.04. The summed E-state index contributed by atoms with van der Waals surface area (Å²) < 4.78 is 11.0. The highest BCUT2D eigenvalue weighted by molar-refractivity contribution is 7.99. The SMILES string of the molecule is COc1cc(C=O)ccc1OCCCSc1nc2ccccc2[nH]1. The molecule has 0 atom stereocenters. The number of methoxy groups -OCH3 is 1. The van der Waals surface area contributed by atoms with Gasteiger partial charge in [-0.05, 0) is 36.8 Å². The summed E-state index contributed by atoms with van der Waals surface area (Å²) in [7, 11) is 1.56. The van der Waals surface area contributed by atoms with Crippen LogP contribution in [0.25, 0.3) is 11.0 Å². The molecule has 0 aliphatic heterocycles. The van der Waals surface area contributed by atoms with Gasteiger partial charge in [0.05, 0.1) is 24.8 Å². The maximum Gasteiger partial charge on any atom is 0.166 e. The largest absolute Gasteiger partial charge is 0.493 e. The third-order valence-electron chi connectivity index (χ3n) is 3.48. The molecule has 3 aromatic rings. The molecule has 2 aromatic carbocycles. The number of aromatic amines is 1. The van der Waals surface area contributed by atoms with E-state index in [9.17, 15) is 4.79 Å². The van der Waals surface area contributed by atoms with E-state index in [1.807, 2.05) is 24.3 Å². The van der Waals surface area contributed by atoms with Crippen LogP contribution in [-0.2, 0) is 0 Å². The fraction of sp³-hybridized carbons (Fsp3) is 0.222. The zero-order valence-corrected chi connectivity index (χ0v) is 14.1. The smallest absolute Gasteiger partial charge is 0.166 e. The molecular formula is C18H18N2O3S. The Morgan fingerprint density at radius 2 is 2.08 bits per heavy atom. The average molecular weight is 342 g/mol. The van der Waals surface area contributed by atoms with Gasteiger partial charge < -0.3 is 14.5 Å². The molecule has 1 N–H and O–H groups in total. The molecule has 0 saturated heterocycles. The number of imidazole rings is 1. The molecule has 0 aliphatic rings. The molecule has 0 bridgehead atoms. The maximum atomic E-state index is 10.8. The fourth-order valence-corrected chi connectivity index (χ4v) is 3.08. The number of fused-ring (bicyclic) bond motifs is 1. The van der Waals surface area contributed by atoms with Crippen molar-refractivity contribution < 1.29 is 14.3 Å². The van der Waals surface area contributed by atoms with Crippen LogP contribution in [0.5, 0.6) is 11.5 Å². The second-order valence-electron chi connectivity index (χ2n) is 5.14. The molecule has 1 aromatic heterocycles. The van der Waals surface area contributed by atoms with Crippen LogP contribution in [0.4, 0.5) is 0 Å². The van der Waals surface area contributed by atoms with Gasteiger partial charge in [-0.2, -0.15) is 0 Å². The van der Waals surface area contributed by atoms with E-state index >= 15 is 0 Å². The number of carbonyl (C=O) groups excluding carboxylic acids is 1. The molecule has 3 rings (SSSR count). The van der Waals surface area contributed by atoms with Crippen molar-refractivity contribution in [3.63, 3.8) is 0 Å². The standard InChI is InChI=1S/C18H18N2O3S/c1-22-17-11-13(12-21)7-8-16(17)23-9-4-10-24-18-19-14-5-2-3-6-15(14)20-18/h2-3,5-8,11-12H,4,9-10H2,1H3,(H,19,20). The van der Waals surface area contributed by atoms with Crippen LogP contribution in [0.1, 0.15) is 16.8 Å². The molecule has 1 heterocycles. The van der Waals surface area contributed by atoms with E-state index in [-0.39, 0.29) is 0 Å². The maximum absolute atomic E-state index is 10.8. The normalized spacial score (nSPS) is 10.7. The molecule has 6 heteroatoms. The number of hydrogen-bond acceptors (Lipinski definition) is 5. The minimum absolute atomic E-state index is 0.569. The van der Waals surface area contributed by atoms with E-state index < -0.39 is 0 Å². The molecule has 0 saturated carbocycles. The van der Waals surface area contributed by atoms with E-state index in [0.29, 0.717) is 23.7 Å². The molecule has 0 fully saturated rings. The van der Waals surface area contributed by atoms with E-state index in [1.165, 1.54) is 0 Å². The molecule has 124 valence electrons. The Morgan fingerprint density at radius 3 is 2.88 bits per heavy atom. The van der Waals surface area contributed by atoms with Crippen molar-refractivity contribution in [3.05, 3.63) is 48.0 Å². The molecule has 0 amide bonds. The van der Waals surface area contributed by atoms with Gasteiger partial charge in [0, 0.05) is 11.3 Å². The van der Waals surface area contributed by atoms with Crippen molar-refractivity contribution in [2.75, 3.05) is 19.5 Å². The summed E-state index contributed by atoms with van der Waals surface area (Å²) >= 11 is 1.67. The van der Waals surface area contributed by atoms with Crippen molar-refractivity contribution in [3.8, 4) is 11.5 Å². The molecular weight excluding hydrogens is 324 g/mol. The molecule has 0 aliphatic carbocycles. The highest BCUT2D eigenvalue weighted by atomic mass is 32.2. The van der Waals surface area contributed by atoms with Gasteiger partial charge in [0.25, 0.3) is 0 Å². The first-order valence-electron chi connectivity index (χ1n) is 7.63. The number of nitrogens with one attached hydrogen (secondary N) is 1. The lowest BCUT2D eigenvalue weighted by atomic mass is 10.2. The Morgan fingerprint density at radius 1 is 1.21 bits per heavy atom. The van der Waals surface area contributed by atoms with E-state index in [1.54, 1.807) is 37.1 Å². The highest BCUT2D eigenvalue weighted by Gasteiger charge is 2.06. The summed E-state index contributed by atoms with van der Waals surface area (Å²) in [5.41, 5.74) is 2.60. The van der Waals surface area contributed by atoms with Gasteiger partial charge >= 0.3 is 0 Å². The van der Waals surface area contributed by atoms with Gasteiger partial charge in [-0.15, -0.1) is 0 Å². The second-order valence-corrected chi connectivity index (χ2v) is 6.22. The minimum atomic E-state index is 0.569. The number of hydrogen-bond donors (Lipinski definition) is 1. The summed E-state index contributed by atoms with van der Waals surface area (Å²) in [4.78, 5) is 18.6. The summed E-state index contributed by atoms with van der Waals surface area (Å²) in [5.74, 6) is 2.12. The zero-order chi connectivity index (χ0) is 16.8. The monoisotopic (exact) mass is 342 g/mol. The number of rotatable bonds is 8. The first-order chi connectivity index (χ1) is 11.8. The van der Waals surface area contributed by atoms with Crippen LogP contribution in [0.15, 0.2) is 47.6 Å². The summed E-state index contributed by atoms with van der Waals surface area (Å²) in [6.07, 6.45) is 1.66. The number of aldehydes is 1. The molecule has 0 spiro atoms. The molecule has 0 unspecified atom stereocenters. The second kappa shape index (κ2) is 7.88. The van der Waals surface area contributed by atoms with E-state index in [2.05, 4.69) is 9.97 Å². The minimum Gasteiger partial charge on any atom is -0.493 e.